The summed E-state index contributed by atoms with van der Waals surface area (Å²) in [7, 11) is 1.81. The quantitative estimate of drug-likeness (QED) is 0.646. The van der Waals surface area contributed by atoms with Crippen molar-refractivity contribution in [3.05, 3.63) is 15.5 Å². The molecule has 0 radical (unpaired) electrons. The summed E-state index contributed by atoms with van der Waals surface area (Å²) in [5, 5.41) is 4.19. The molecule has 0 saturated heterocycles. The predicted octanol–water partition coefficient (Wildman–Crippen LogP) is 0.460. The Morgan fingerprint density at radius 2 is 2.33 bits per heavy atom. The predicted molar refractivity (Wildman–Crippen MR) is 51.4 cm³/mol. The van der Waals surface area contributed by atoms with E-state index in [1.165, 1.54) is 0 Å². The van der Waals surface area contributed by atoms with Gasteiger partial charge in [-0.1, -0.05) is 0 Å². The van der Waals surface area contributed by atoms with E-state index in [4.69, 9.17) is 0 Å². The van der Waals surface area contributed by atoms with Gasteiger partial charge in [-0.25, -0.2) is 0 Å². The summed E-state index contributed by atoms with van der Waals surface area (Å²) in [6, 6.07) is 2.00. The average Bonchev–Trinajstić information content (AvgIpc) is 2.30. The van der Waals surface area contributed by atoms with Crippen molar-refractivity contribution in [3.63, 3.8) is 0 Å². The van der Waals surface area contributed by atoms with Crippen LogP contribution in [0.2, 0.25) is 0 Å². The fraction of sp³-hybridized carbons (Fsp3) is 0.429. The van der Waals surface area contributed by atoms with Crippen LogP contribution in [0.5, 0.6) is 0 Å². The van der Waals surface area contributed by atoms with Gasteiger partial charge in [0.15, 0.2) is 0 Å². The Labute approximate surface area is 83.7 Å². The SMILES string of the molecule is CN1Cc2cc(I)nn2CC1=O. The van der Waals surface area contributed by atoms with Crippen LogP contribution >= 0.6 is 22.6 Å². The van der Waals surface area contributed by atoms with Crippen molar-refractivity contribution >= 4 is 28.5 Å². The maximum absolute atomic E-state index is 11.2. The minimum absolute atomic E-state index is 0.127. The normalized spacial score (nSPS) is 16.5. The van der Waals surface area contributed by atoms with Gasteiger partial charge in [-0.3, -0.25) is 9.48 Å². The van der Waals surface area contributed by atoms with Gasteiger partial charge in [-0.2, -0.15) is 5.10 Å². The Morgan fingerprint density at radius 3 is 3.08 bits per heavy atom. The van der Waals surface area contributed by atoms with E-state index >= 15 is 0 Å². The standard InChI is InChI=1S/C7H8IN3O/c1-10-3-5-2-6(8)9-11(5)4-7(10)12/h2H,3-4H2,1H3. The van der Waals surface area contributed by atoms with Crippen LogP contribution in [-0.2, 0) is 17.9 Å². The largest absolute Gasteiger partial charge is 0.338 e. The van der Waals surface area contributed by atoms with Crippen molar-refractivity contribution in [2.45, 2.75) is 13.1 Å². The van der Waals surface area contributed by atoms with E-state index in [1.54, 1.807) is 9.58 Å². The van der Waals surface area contributed by atoms with Gasteiger partial charge < -0.3 is 4.90 Å². The summed E-state index contributed by atoms with van der Waals surface area (Å²) < 4.78 is 2.72. The molecule has 0 spiro atoms. The first-order valence-corrected chi connectivity index (χ1v) is 4.71. The van der Waals surface area contributed by atoms with Crippen LogP contribution in [0.3, 0.4) is 0 Å². The van der Waals surface area contributed by atoms with Crippen LogP contribution in [0, 0.1) is 3.70 Å². The van der Waals surface area contributed by atoms with Gasteiger partial charge in [-0.15, -0.1) is 0 Å². The number of halogens is 1. The molecule has 1 amide bonds. The lowest BCUT2D eigenvalue weighted by Crippen LogP contribution is -2.36. The third kappa shape index (κ3) is 1.21. The molecule has 4 nitrogen and oxygen atoms in total. The van der Waals surface area contributed by atoms with Crippen LogP contribution in [-0.4, -0.2) is 27.6 Å². The van der Waals surface area contributed by atoms with Gasteiger partial charge in [-0.05, 0) is 28.7 Å². The van der Waals surface area contributed by atoms with Crippen molar-refractivity contribution in [3.8, 4) is 0 Å². The lowest BCUT2D eigenvalue weighted by atomic mass is 10.3. The molecule has 0 fully saturated rings. The molecule has 0 unspecified atom stereocenters. The summed E-state index contributed by atoms with van der Waals surface area (Å²) in [5.41, 5.74) is 1.11. The molecule has 1 aromatic heterocycles. The Bertz CT molecular complexity index is 333. The summed E-state index contributed by atoms with van der Waals surface area (Å²) in [4.78, 5) is 12.9. The Morgan fingerprint density at radius 1 is 1.58 bits per heavy atom. The summed E-state index contributed by atoms with van der Waals surface area (Å²) >= 11 is 2.15. The average molecular weight is 277 g/mol. The van der Waals surface area contributed by atoms with Gasteiger partial charge in [0.05, 0.1) is 12.2 Å². The highest BCUT2D eigenvalue weighted by Gasteiger charge is 2.20. The van der Waals surface area contributed by atoms with Crippen molar-refractivity contribution < 1.29 is 4.79 Å². The number of rotatable bonds is 0. The molecule has 1 aliphatic rings. The van der Waals surface area contributed by atoms with E-state index in [2.05, 4.69) is 27.7 Å². The van der Waals surface area contributed by atoms with Gasteiger partial charge in [0.25, 0.3) is 0 Å². The Balaban J connectivity index is 2.39. The third-order valence-corrected chi connectivity index (χ3v) is 2.47. The monoisotopic (exact) mass is 277 g/mol. The first-order chi connectivity index (χ1) is 5.66. The van der Waals surface area contributed by atoms with E-state index < -0.39 is 0 Å². The smallest absolute Gasteiger partial charge is 0.244 e. The number of fused-ring (bicyclic) bond motifs is 1. The minimum atomic E-state index is 0.127. The van der Waals surface area contributed by atoms with E-state index in [9.17, 15) is 4.79 Å². The first kappa shape index (κ1) is 8.03. The molecule has 0 N–H and O–H groups in total. The number of nitrogens with zero attached hydrogens (tertiary/aromatic N) is 3. The molecule has 2 heterocycles. The van der Waals surface area contributed by atoms with Crippen LogP contribution in [0.15, 0.2) is 6.07 Å². The molecule has 5 heteroatoms. The molecule has 12 heavy (non-hydrogen) atoms. The summed E-state index contributed by atoms with van der Waals surface area (Å²) in [6.07, 6.45) is 0. The van der Waals surface area contributed by atoms with Crippen molar-refractivity contribution in [2.75, 3.05) is 7.05 Å². The zero-order valence-electron chi connectivity index (χ0n) is 6.62. The summed E-state index contributed by atoms with van der Waals surface area (Å²) in [6.45, 7) is 1.06. The number of amides is 1. The number of carbonyl (C=O) groups is 1. The molecule has 1 aliphatic heterocycles. The Kier molecular flexibility index (Phi) is 1.82. The highest BCUT2D eigenvalue weighted by Crippen LogP contribution is 2.13. The molecule has 1 aromatic rings. The Hall–Kier alpha value is -0.590. The second-order valence-corrected chi connectivity index (χ2v) is 3.97. The molecule has 0 saturated carbocycles. The van der Waals surface area contributed by atoms with E-state index in [-0.39, 0.29) is 5.91 Å². The number of hydrogen-bond donors (Lipinski definition) is 0. The van der Waals surface area contributed by atoms with Crippen LogP contribution in [0.25, 0.3) is 0 Å². The van der Waals surface area contributed by atoms with E-state index in [0.717, 1.165) is 9.39 Å². The molecular weight excluding hydrogens is 269 g/mol. The second-order valence-electron chi connectivity index (χ2n) is 2.87. The maximum atomic E-state index is 11.2. The highest BCUT2D eigenvalue weighted by atomic mass is 127. The van der Waals surface area contributed by atoms with Crippen molar-refractivity contribution in [1.29, 1.82) is 0 Å². The van der Waals surface area contributed by atoms with Crippen molar-refractivity contribution in [1.82, 2.24) is 14.7 Å². The van der Waals surface area contributed by atoms with E-state index in [0.29, 0.717) is 13.1 Å². The molecule has 0 aromatic carbocycles. The molecular formula is C7H8IN3O. The summed E-state index contributed by atoms with van der Waals surface area (Å²) in [5.74, 6) is 0.127. The van der Waals surface area contributed by atoms with Gasteiger partial charge in [0.1, 0.15) is 10.2 Å². The highest BCUT2D eigenvalue weighted by molar-refractivity contribution is 14.1. The number of aromatic nitrogens is 2. The third-order valence-electron chi connectivity index (χ3n) is 1.94. The minimum Gasteiger partial charge on any atom is -0.338 e. The van der Waals surface area contributed by atoms with Crippen molar-refractivity contribution in [2.24, 2.45) is 0 Å². The fourth-order valence-corrected chi connectivity index (χ4v) is 1.88. The molecule has 0 bridgehead atoms. The van der Waals surface area contributed by atoms with Crippen LogP contribution < -0.4 is 0 Å². The molecule has 0 atom stereocenters. The van der Waals surface area contributed by atoms with Gasteiger partial charge >= 0.3 is 0 Å². The van der Waals surface area contributed by atoms with Crippen LogP contribution in [0.4, 0.5) is 0 Å². The molecule has 0 aliphatic carbocycles. The lowest BCUT2D eigenvalue weighted by molar-refractivity contribution is -0.132. The number of hydrogen-bond acceptors (Lipinski definition) is 2. The maximum Gasteiger partial charge on any atom is 0.244 e. The van der Waals surface area contributed by atoms with Gasteiger partial charge in [0.2, 0.25) is 5.91 Å². The number of likely N-dealkylation sites (N-methyl/N-ethyl adjacent to an activating group) is 1. The van der Waals surface area contributed by atoms with E-state index in [1.807, 2.05) is 13.1 Å². The molecule has 2 rings (SSSR count). The first-order valence-electron chi connectivity index (χ1n) is 3.63. The van der Waals surface area contributed by atoms with Gasteiger partial charge in [0, 0.05) is 7.05 Å². The topological polar surface area (TPSA) is 38.1 Å². The zero-order valence-corrected chi connectivity index (χ0v) is 8.78. The lowest BCUT2D eigenvalue weighted by Gasteiger charge is -2.22. The number of carbonyl (C=O) groups excluding carboxylic acids is 1. The fourth-order valence-electron chi connectivity index (χ4n) is 1.26. The van der Waals surface area contributed by atoms with Crippen LogP contribution in [0.1, 0.15) is 5.69 Å². The second kappa shape index (κ2) is 2.72. The zero-order chi connectivity index (χ0) is 8.72. The molecule has 64 valence electrons.